The highest BCUT2D eigenvalue weighted by atomic mass is 19.1. The molecule has 2 aliphatic rings. The second-order valence-electron chi connectivity index (χ2n) is 10.2. The molecule has 1 aromatic carbocycles. The zero-order valence-electron chi connectivity index (χ0n) is 22.0. The summed E-state index contributed by atoms with van der Waals surface area (Å²) in [4.78, 5) is 39.9. The molecule has 5 rings (SSSR count). The zero-order chi connectivity index (χ0) is 27.2. The van der Waals surface area contributed by atoms with Gasteiger partial charge in [0, 0.05) is 54.6 Å². The highest BCUT2D eigenvalue weighted by Crippen LogP contribution is 2.32. The van der Waals surface area contributed by atoms with E-state index in [0.29, 0.717) is 11.5 Å². The van der Waals surface area contributed by atoms with Crippen LogP contribution in [0.5, 0.6) is 0 Å². The van der Waals surface area contributed by atoms with Crippen molar-refractivity contribution >= 4 is 22.7 Å². The third-order valence-electron chi connectivity index (χ3n) is 7.39. The fourth-order valence-electron chi connectivity index (χ4n) is 5.23. The van der Waals surface area contributed by atoms with E-state index in [9.17, 15) is 18.8 Å². The van der Waals surface area contributed by atoms with E-state index < -0.39 is 5.97 Å². The van der Waals surface area contributed by atoms with Crippen LogP contribution in [0.3, 0.4) is 0 Å². The van der Waals surface area contributed by atoms with E-state index in [2.05, 4.69) is 10.1 Å². The lowest BCUT2D eigenvalue weighted by atomic mass is 9.91. The molecule has 0 saturated carbocycles. The van der Waals surface area contributed by atoms with Crippen molar-refractivity contribution < 1.29 is 23.6 Å². The number of likely N-dealkylation sites (tertiary alicyclic amines) is 1. The summed E-state index contributed by atoms with van der Waals surface area (Å²) in [6.45, 7) is 6.93. The van der Waals surface area contributed by atoms with Crippen LogP contribution in [0.15, 0.2) is 27.5 Å². The number of rotatable bonds is 7. The van der Waals surface area contributed by atoms with Gasteiger partial charge in [-0.25, -0.2) is 9.37 Å². The number of aromatic nitrogens is 3. The van der Waals surface area contributed by atoms with Gasteiger partial charge in [-0.05, 0) is 71.2 Å². The molecule has 0 spiro atoms. The molecule has 10 heteroatoms. The smallest absolute Gasteiger partial charge is 0.303 e. The highest BCUT2D eigenvalue weighted by Gasteiger charge is 2.26. The van der Waals surface area contributed by atoms with Crippen LogP contribution in [0.2, 0.25) is 0 Å². The molecule has 9 nitrogen and oxygen atoms in total. The first-order valence-electron chi connectivity index (χ1n) is 13.3. The van der Waals surface area contributed by atoms with E-state index in [0.717, 1.165) is 92.9 Å². The van der Waals surface area contributed by atoms with Gasteiger partial charge >= 0.3 is 5.97 Å². The van der Waals surface area contributed by atoms with E-state index >= 15 is 0 Å². The number of halogens is 1. The maximum atomic E-state index is 13.4. The number of carbonyl (C=O) groups is 2. The maximum Gasteiger partial charge on any atom is 0.303 e. The van der Waals surface area contributed by atoms with Crippen molar-refractivity contribution in [3.63, 3.8) is 0 Å². The molecule has 1 N–H and O–H groups in total. The van der Waals surface area contributed by atoms with Gasteiger partial charge in [-0.2, -0.15) is 0 Å². The summed E-state index contributed by atoms with van der Waals surface area (Å²) in [6, 6.07) is 4.63. The average molecular weight is 527 g/mol. The van der Waals surface area contributed by atoms with Gasteiger partial charge in [-0.3, -0.25) is 14.2 Å². The van der Waals surface area contributed by atoms with Gasteiger partial charge in [-0.15, -0.1) is 0 Å². The Balaban J connectivity index is 0.000000368. The summed E-state index contributed by atoms with van der Waals surface area (Å²) >= 11 is 0. The number of nitrogens with zero attached hydrogens (tertiary/aromatic N) is 4. The third-order valence-corrected chi connectivity index (χ3v) is 7.39. The number of hydrogen-bond donors (Lipinski definition) is 1. The summed E-state index contributed by atoms with van der Waals surface area (Å²) in [5, 5.41) is 13.2. The van der Waals surface area contributed by atoms with Crippen LogP contribution in [0.25, 0.3) is 11.0 Å². The average Bonchev–Trinajstić information content (AvgIpc) is 3.31. The number of carboxylic acids is 1. The Kier molecular flexibility index (Phi) is 9.04. The Hall–Kier alpha value is -3.40. The topological polar surface area (TPSA) is 119 Å². The lowest BCUT2D eigenvalue weighted by molar-refractivity contribution is -0.138. The van der Waals surface area contributed by atoms with Crippen molar-refractivity contribution in [2.45, 2.75) is 77.7 Å². The molecule has 1 fully saturated rings. The Morgan fingerprint density at radius 3 is 2.61 bits per heavy atom. The van der Waals surface area contributed by atoms with Crippen LogP contribution in [0, 0.1) is 12.7 Å². The molecule has 0 aliphatic carbocycles. The number of carbonyl (C=O) groups excluding carboxylic acids is 1. The summed E-state index contributed by atoms with van der Waals surface area (Å²) in [7, 11) is 0. The third kappa shape index (κ3) is 6.72. The van der Waals surface area contributed by atoms with Gasteiger partial charge in [0.15, 0.2) is 5.58 Å². The molecule has 204 valence electrons. The second kappa shape index (κ2) is 12.4. The molecule has 1 saturated heterocycles. The first kappa shape index (κ1) is 27.6. The van der Waals surface area contributed by atoms with Gasteiger partial charge in [0.2, 0.25) is 0 Å². The molecule has 2 aliphatic heterocycles. The second-order valence-corrected chi connectivity index (χ2v) is 10.2. The van der Waals surface area contributed by atoms with Gasteiger partial charge in [-0.1, -0.05) is 5.16 Å². The van der Waals surface area contributed by atoms with Gasteiger partial charge < -0.3 is 19.3 Å². The Morgan fingerprint density at radius 2 is 1.92 bits per heavy atom. The van der Waals surface area contributed by atoms with Crippen molar-refractivity contribution in [1.29, 1.82) is 0 Å². The fourth-order valence-corrected chi connectivity index (χ4v) is 5.23. The molecule has 0 unspecified atom stereocenters. The molecule has 2 aromatic heterocycles. The number of aryl methyl sites for hydroxylation is 2. The minimum Gasteiger partial charge on any atom is -0.481 e. The fraction of sp³-hybridized carbons (Fsp3) is 0.536. The lowest BCUT2D eigenvalue weighted by Crippen LogP contribution is -2.37. The number of fused-ring (bicyclic) bond motifs is 2. The number of Topliss-reactive ketones (excluding diaryl/α,β-unsaturated/α-hetero) is 1. The molecular weight excluding hydrogens is 491 g/mol. The van der Waals surface area contributed by atoms with Gasteiger partial charge in [0.1, 0.15) is 17.4 Å². The first-order chi connectivity index (χ1) is 18.2. The van der Waals surface area contributed by atoms with Crippen molar-refractivity contribution in [3.8, 4) is 0 Å². The van der Waals surface area contributed by atoms with Crippen LogP contribution >= 0.6 is 0 Å². The van der Waals surface area contributed by atoms with E-state index in [1.165, 1.54) is 19.1 Å². The Bertz CT molecular complexity index is 1340. The van der Waals surface area contributed by atoms with Crippen LogP contribution in [0.4, 0.5) is 4.39 Å². The summed E-state index contributed by atoms with van der Waals surface area (Å²) in [5.74, 6) is -0.0192. The van der Waals surface area contributed by atoms with Crippen LogP contribution < -0.4 is 5.56 Å². The van der Waals surface area contributed by atoms with Gasteiger partial charge in [0.05, 0.1) is 12.1 Å². The minimum absolute atomic E-state index is 0.0463. The van der Waals surface area contributed by atoms with Crippen molar-refractivity contribution in [1.82, 2.24) is 19.6 Å². The number of piperidine rings is 1. The van der Waals surface area contributed by atoms with Crippen molar-refractivity contribution in [2.24, 2.45) is 0 Å². The number of benzene rings is 1. The summed E-state index contributed by atoms with van der Waals surface area (Å²) in [5.41, 5.74) is 3.38. The van der Waals surface area contributed by atoms with Crippen molar-refractivity contribution in [3.05, 3.63) is 57.1 Å². The first-order valence-corrected chi connectivity index (χ1v) is 13.3. The van der Waals surface area contributed by atoms with Crippen LogP contribution in [-0.4, -0.2) is 56.1 Å². The lowest BCUT2D eigenvalue weighted by Gasteiger charge is -2.31. The molecule has 38 heavy (non-hydrogen) atoms. The van der Waals surface area contributed by atoms with E-state index in [4.69, 9.17) is 14.6 Å². The molecule has 0 radical (unpaired) electrons. The minimum atomic E-state index is -0.916. The predicted molar refractivity (Wildman–Crippen MR) is 140 cm³/mol. The normalized spacial score (nSPS) is 16.1. The standard InChI is InChI=1S/C23H27FN4O2.C5H8O3/c1-15-18(23(29)28-10-3-2-4-21(28)25-15)9-13-27-11-7-16(8-12-27)22-19-6-5-17(24)14-20(19)30-26-22;1-4(6)2-3-5(7)8/h5-6,14,16H,2-4,7-13H2,1H3;2-3H2,1H3,(H,7,8). The number of aliphatic carboxylic acids is 1. The van der Waals surface area contributed by atoms with E-state index in [1.54, 1.807) is 6.07 Å². The van der Waals surface area contributed by atoms with Gasteiger partial charge in [0.25, 0.3) is 5.56 Å². The van der Waals surface area contributed by atoms with Crippen LogP contribution in [-0.2, 0) is 29.0 Å². The van der Waals surface area contributed by atoms with Crippen molar-refractivity contribution in [2.75, 3.05) is 19.6 Å². The monoisotopic (exact) mass is 526 g/mol. The number of carboxylic acid groups (broad SMARTS) is 1. The summed E-state index contributed by atoms with van der Waals surface area (Å²) in [6.07, 6.45) is 5.91. The van der Waals surface area contributed by atoms with E-state index in [1.807, 2.05) is 11.5 Å². The summed E-state index contributed by atoms with van der Waals surface area (Å²) < 4.78 is 20.6. The molecule has 0 amide bonds. The molecule has 0 atom stereocenters. The van der Waals surface area contributed by atoms with Crippen LogP contribution in [0.1, 0.15) is 74.1 Å². The zero-order valence-corrected chi connectivity index (χ0v) is 22.0. The highest BCUT2D eigenvalue weighted by molar-refractivity contribution is 5.80. The number of hydrogen-bond acceptors (Lipinski definition) is 7. The number of ketones is 1. The molecular formula is C28H35FN4O5. The van der Waals surface area contributed by atoms with E-state index in [-0.39, 0.29) is 30.0 Å². The Morgan fingerprint density at radius 1 is 1.16 bits per heavy atom. The molecule has 0 bridgehead atoms. The SMILES string of the molecule is CC(=O)CCC(=O)O.Cc1nc2n(c(=O)c1CCN1CCC(c3noc4cc(F)ccc34)CC1)CCCC2. The molecule has 3 aromatic rings. The quantitative estimate of drug-likeness (QED) is 0.490. The Labute approximate surface area is 220 Å². The maximum absolute atomic E-state index is 13.4. The molecule has 4 heterocycles. The largest absolute Gasteiger partial charge is 0.481 e. The predicted octanol–water partition coefficient (Wildman–Crippen LogP) is 4.03.